The van der Waals surface area contributed by atoms with Crippen LogP contribution in [-0.4, -0.2) is 41.7 Å². The van der Waals surface area contributed by atoms with E-state index in [1.807, 2.05) is 19.2 Å². The Hall–Kier alpha value is -2.21. The van der Waals surface area contributed by atoms with Crippen molar-refractivity contribution in [2.45, 2.75) is 51.1 Å². The van der Waals surface area contributed by atoms with Crippen molar-refractivity contribution in [3.8, 4) is 0 Å². The minimum Gasteiger partial charge on any atom is -0.383 e. The zero-order valence-electron chi connectivity index (χ0n) is 19.1. The van der Waals surface area contributed by atoms with E-state index in [-0.39, 0.29) is 34.4 Å². The van der Waals surface area contributed by atoms with Crippen LogP contribution in [0.1, 0.15) is 44.6 Å². The van der Waals surface area contributed by atoms with Gasteiger partial charge in [0.25, 0.3) is 0 Å². The average molecular weight is 586 g/mol. The standard InChI is InChI=1S/C23H27BrClFN6O2S/c1-2-9-35(33,34)31-17-6-4-16(5-7-17)29-22-18(12-28-32-13-14(24)10-21(22)32)23(27)30-20-11-15(26)3-8-19(20)25/h3,8,10-13,16-17,29,31H,2,4-7,9H2,1H3,(H2,27,30)/t16-,17+. The van der Waals surface area contributed by atoms with Gasteiger partial charge in [0, 0.05) is 28.8 Å². The minimum atomic E-state index is -3.24. The highest BCUT2D eigenvalue weighted by Gasteiger charge is 2.26. The van der Waals surface area contributed by atoms with Gasteiger partial charge in [-0.15, -0.1) is 0 Å². The molecule has 1 aromatic carbocycles. The van der Waals surface area contributed by atoms with Gasteiger partial charge in [0.1, 0.15) is 11.7 Å². The monoisotopic (exact) mass is 584 g/mol. The maximum atomic E-state index is 13.7. The SMILES string of the molecule is CCCS(=O)(=O)N[C@H]1CC[C@@H](Nc2c(C(N)=Nc3cc(F)ccc3Cl)cnn3cc(Br)cc23)CC1. The van der Waals surface area contributed by atoms with E-state index < -0.39 is 15.8 Å². The number of hydrogen-bond donors (Lipinski definition) is 3. The van der Waals surface area contributed by atoms with Crippen LogP contribution >= 0.6 is 27.5 Å². The summed E-state index contributed by atoms with van der Waals surface area (Å²) in [6.07, 6.45) is 7.04. The molecule has 1 aliphatic carbocycles. The molecule has 0 saturated heterocycles. The van der Waals surface area contributed by atoms with Gasteiger partial charge < -0.3 is 11.1 Å². The second-order valence-electron chi connectivity index (χ2n) is 8.64. The third-order valence-electron chi connectivity index (χ3n) is 5.92. The number of halogens is 3. The summed E-state index contributed by atoms with van der Waals surface area (Å²) in [5.41, 5.74) is 8.69. The highest BCUT2D eigenvalue weighted by atomic mass is 79.9. The molecule has 2 heterocycles. The Balaban J connectivity index is 1.59. The van der Waals surface area contributed by atoms with Crippen molar-refractivity contribution in [2.24, 2.45) is 10.7 Å². The Morgan fingerprint density at radius 2 is 2.00 bits per heavy atom. The van der Waals surface area contributed by atoms with E-state index in [1.165, 1.54) is 18.2 Å². The van der Waals surface area contributed by atoms with E-state index in [4.69, 9.17) is 17.3 Å². The van der Waals surface area contributed by atoms with Gasteiger partial charge in [-0.05, 0) is 66.2 Å². The Morgan fingerprint density at radius 1 is 1.29 bits per heavy atom. The molecular weight excluding hydrogens is 559 g/mol. The summed E-state index contributed by atoms with van der Waals surface area (Å²) in [5.74, 6) is -0.177. The molecule has 0 amide bonds. The van der Waals surface area contributed by atoms with Gasteiger partial charge in [0.2, 0.25) is 10.0 Å². The summed E-state index contributed by atoms with van der Waals surface area (Å²) in [4.78, 5) is 4.37. The molecule has 4 N–H and O–H groups in total. The maximum absolute atomic E-state index is 13.7. The van der Waals surface area contributed by atoms with Crippen LogP contribution in [0, 0.1) is 5.82 Å². The molecule has 0 radical (unpaired) electrons. The molecule has 4 rings (SSSR count). The number of nitrogens with two attached hydrogens (primary N) is 1. The van der Waals surface area contributed by atoms with Crippen LogP contribution < -0.4 is 15.8 Å². The minimum absolute atomic E-state index is 0.0641. The van der Waals surface area contributed by atoms with Crippen molar-refractivity contribution in [3.05, 3.63) is 57.5 Å². The first-order chi connectivity index (χ1) is 16.6. The predicted octanol–water partition coefficient (Wildman–Crippen LogP) is 4.98. The smallest absolute Gasteiger partial charge is 0.211 e. The fourth-order valence-corrected chi connectivity index (χ4v) is 6.24. The molecule has 0 bridgehead atoms. The normalized spacial score (nSPS) is 19.3. The molecule has 0 spiro atoms. The number of benzene rings is 1. The van der Waals surface area contributed by atoms with Crippen molar-refractivity contribution in [3.63, 3.8) is 0 Å². The molecule has 0 atom stereocenters. The fourth-order valence-electron chi connectivity index (χ4n) is 4.27. The first-order valence-corrected chi connectivity index (χ1v) is 14.2. The summed E-state index contributed by atoms with van der Waals surface area (Å²) in [6.45, 7) is 1.85. The van der Waals surface area contributed by atoms with Crippen LogP contribution in [0.4, 0.5) is 15.8 Å². The average Bonchev–Trinajstić information content (AvgIpc) is 3.18. The zero-order chi connectivity index (χ0) is 25.2. The van der Waals surface area contributed by atoms with Gasteiger partial charge in [-0.1, -0.05) is 18.5 Å². The van der Waals surface area contributed by atoms with Crippen LogP contribution in [0.25, 0.3) is 5.52 Å². The lowest BCUT2D eigenvalue weighted by molar-refractivity contribution is 0.387. The summed E-state index contributed by atoms with van der Waals surface area (Å²) >= 11 is 9.67. The summed E-state index contributed by atoms with van der Waals surface area (Å²) in [5, 5.41) is 8.29. The van der Waals surface area contributed by atoms with Crippen LogP contribution in [0.5, 0.6) is 0 Å². The molecule has 8 nitrogen and oxygen atoms in total. The second-order valence-corrected chi connectivity index (χ2v) is 11.8. The van der Waals surface area contributed by atoms with E-state index in [9.17, 15) is 12.8 Å². The van der Waals surface area contributed by atoms with Crippen LogP contribution in [0.15, 0.2) is 46.1 Å². The molecule has 0 aliphatic heterocycles. The zero-order valence-corrected chi connectivity index (χ0v) is 22.3. The lowest BCUT2D eigenvalue weighted by atomic mass is 9.91. The Bertz CT molecular complexity index is 1360. The number of aliphatic imine (C=N–C) groups is 1. The molecule has 12 heteroatoms. The van der Waals surface area contributed by atoms with E-state index in [1.54, 1.807) is 10.7 Å². The lowest BCUT2D eigenvalue weighted by Gasteiger charge is -2.30. The number of nitrogens with zero attached hydrogens (tertiary/aromatic N) is 3. The second kappa shape index (κ2) is 10.8. The van der Waals surface area contributed by atoms with Crippen molar-refractivity contribution in [1.29, 1.82) is 0 Å². The van der Waals surface area contributed by atoms with E-state index in [0.29, 0.717) is 12.0 Å². The van der Waals surface area contributed by atoms with Crippen molar-refractivity contribution in [1.82, 2.24) is 14.3 Å². The maximum Gasteiger partial charge on any atom is 0.211 e. The number of anilines is 1. The third-order valence-corrected chi connectivity index (χ3v) is 8.31. The molecule has 0 unspecified atom stereocenters. The first kappa shape index (κ1) is 25.9. The molecule has 35 heavy (non-hydrogen) atoms. The first-order valence-electron chi connectivity index (χ1n) is 11.4. The molecule has 3 aromatic rings. The highest BCUT2D eigenvalue weighted by molar-refractivity contribution is 9.10. The largest absolute Gasteiger partial charge is 0.383 e. The van der Waals surface area contributed by atoms with Crippen LogP contribution in [0.2, 0.25) is 5.02 Å². The van der Waals surface area contributed by atoms with Gasteiger partial charge in [-0.3, -0.25) is 0 Å². The number of aromatic nitrogens is 2. The van der Waals surface area contributed by atoms with Gasteiger partial charge in [0.05, 0.1) is 39.4 Å². The van der Waals surface area contributed by atoms with E-state index in [2.05, 4.69) is 36.1 Å². The third kappa shape index (κ3) is 6.32. The number of rotatable bonds is 8. The summed E-state index contributed by atoms with van der Waals surface area (Å²) in [6, 6.07) is 5.88. The number of amidine groups is 1. The van der Waals surface area contributed by atoms with Crippen molar-refractivity contribution >= 4 is 60.3 Å². The number of fused-ring (bicyclic) bond motifs is 1. The number of sulfonamides is 1. The molecule has 2 aromatic heterocycles. The molecule has 1 aliphatic rings. The van der Waals surface area contributed by atoms with Crippen molar-refractivity contribution in [2.75, 3.05) is 11.1 Å². The van der Waals surface area contributed by atoms with Gasteiger partial charge in [0.15, 0.2) is 0 Å². The molecular formula is C23H27BrClFN6O2S. The highest BCUT2D eigenvalue weighted by Crippen LogP contribution is 2.31. The summed E-state index contributed by atoms with van der Waals surface area (Å²) < 4.78 is 43.4. The molecule has 1 fully saturated rings. The Morgan fingerprint density at radius 3 is 2.71 bits per heavy atom. The van der Waals surface area contributed by atoms with Gasteiger partial charge in [-0.2, -0.15) is 5.10 Å². The lowest BCUT2D eigenvalue weighted by Crippen LogP contribution is -2.41. The number of nitrogens with one attached hydrogen (secondary N) is 2. The van der Waals surface area contributed by atoms with E-state index in [0.717, 1.165) is 41.4 Å². The molecule has 1 saturated carbocycles. The Labute approximate surface area is 217 Å². The van der Waals surface area contributed by atoms with E-state index >= 15 is 0 Å². The van der Waals surface area contributed by atoms with Crippen molar-refractivity contribution < 1.29 is 12.8 Å². The van der Waals surface area contributed by atoms with Gasteiger partial charge >= 0.3 is 0 Å². The number of hydrogen-bond acceptors (Lipinski definition) is 5. The van der Waals surface area contributed by atoms with Gasteiger partial charge in [-0.25, -0.2) is 27.0 Å². The quantitative estimate of drug-likeness (QED) is 0.255. The van der Waals surface area contributed by atoms with Crippen LogP contribution in [-0.2, 0) is 10.0 Å². The molecule has 188 valence electrons. The Kier molecular flexibility index (Phi) is 7.99. The van der Waals surface area contributed by atoms with Crippen LogP contribution in [0.3, 0.4) is 0 Å². The fraction of sp³-hybridized carbons (Fsp3) is 0.391. The predicted molar refractivity (Wildman–Crippen MR) is 142 cm³/mol. The summed E-state index contributed by atoms with van der Waals surface area (Å²) in [7, 11) is -3.24. The topological polar surface area (TPSA) is 114 Å².